The monoisotopic (exact) mass is 493 g/mol. The van der Waals surface area contributed by atoms with E-state index in [1.807, 2.05) is 25.3 Å². The van der Waals surface area contributed by atoms with Gasteiger partial charge < -0.3 is 16.0 Å². The second kappa shape index (κ2) is 10.5. The Morgan fingerprint density at radius 1 is 1.27 bits per heavy atom. The van der Waals surface area contributed by atoms with Crippen molar-refractivity contribution >= 4 is 33.6 Å². The molecule has 2 heterocycles. The summed E-state index contributed by atoms with van der Waals surface area (Å²) in [5, 5.41) is 16.5. The Labute approximate surface area is 202 Å². The molecule has 0 spiro atoms. The number of nitrogens with one attached hydrogen (secondary N) is 3. The summed E-state index contributed by atoms with van der Waals surface area (Å²) in [6.07, 6.45) is 6.67. The molecule has 0 amide bonds. The number of hydrogen-bond acceptors (Lipinski definition) is 6. The molecule has 0 radical (unpaired) electrons. The summed E-state index contributed by atoms with van der Waals surface area (Å²) < 4.78 is 26.9. The van der Waals surface area contributed by atoms with Crippen LogP contribution in [-0.4, -0.2) is 75.2 Å². The molecule has 4 rings (SSSR count). The summed E-state index contributed by atoms with van der Waals surface area (Å²) in [5.74, 6) is 0.174. The van der Waals surface area contributed by atoms with Gasteiger partial charge in [-0.1, -0.05) is 37.1 Å². The molecule has 0 bridgehead atoms. The fourth-order valence-corrected chi connectivity index (χ4v) is 7.19. The van der Waals surface area contributed by atoms with Crippen LogP contribution < -0.4 is 10.6 Å². The lowest BCUT2D eigenvalue weighted by molar-refractivity contribution is 0.196. The van der Waals surface area contributed by atoms with Gasteiger partial charge in [-0.05, 0) is 49.9 Å². The number of halogens is 1. The van der Waals surface area contributed by atoms with Gasteiger partial charge in [0.2, 0.25) is 10.0 Å². The van der Waals surface area contributed by atoms with Crippen molar-refractivity contribution in [2.75, 3.05) is 38.5 Å². The molecule has 3 aliphatic rings. The predicted octanol–water partition coefficient (Wildman–Crippen LogP) is 2.84. The third kappa shape index (κ3) is 5.20. The summed E-state index contributed by atoms with van der Waals surface area (Å²) in [6.45, 7) is 5.00. The van der Waals surface area contributed by atoms with E-state index in [0.717, 1.165) is 30.8 Å². The average Bonchev–Trinajstić information content (AvgIpc) is 2.71. The maximum atomic E-state index is 12.7. The third-order valence-electron chi connectivity index (χ3n) is 7.45. The second-order valence-electron chi connectivity index (χ2n) is 9.55. The van der Waals surface area contributed by atoms with Crippen LogP contribution in [0.4, 0.5) is 0 Å². The number of nitrogens with zero attached hydrogens (tertiary/aromatic N) is 2. The van der Waals surface area contributed by atoms with Crippen molar-refractivity contribution < 1.29 is 8.42 Å². The molecule has 3 N–H and O–H groups in total. The van der Waals surface area contributed by atoms with Crippen molar-refractivity contribution in [2.45, 2.75) is 56.5 Å². The SMILES string of the molecule is CCCS(=O)(=O)N(CCN=CC1CCNC(C2(c3ccc(Cl)cc3)CCC2)C1=N)C1CNC1. The minimum atomic E-state index is -3.25. The van der Waals surface area contributed by atoms with E-state index in [1.54, 1.807) is 4.31 Å². The van der Waals surface area contributed by atoms with Gasteiger partial charge in [0.1, 0.15) is 0 Å². The van der Waals surface area contributed by atoms with E-state index in [4.69, 9.17) is 17.0 Å². The van der Waals surface area contributed by atoms with Crippen LogP contribution in [0, 0.1) is 11.3 Å². The highest BCUT2D eigenvalue weighted by Crippen LogP contribution is 2.48. The lowest BCUT2D eigenvalue weighted by atomic mass is 9.57. The minimum Gasteiger partial charge on any atom is -0.313 e. The van der Waals surface area contributed by atoms with Gasteiger partial charge >= 0.3 is 0 Å². The van der Waals surface area contributed by atoms with Gasteiger partial charge in [-0.2, -0.15) is 4.31 Å². The first-order chi connectivity index (χ1) is 15.9. The van der Waals surface area contributed by atoms with Gasteiger partial charge in [0.05, 0.1) is 18.3 Å². The first kappa shape index (κ1) is 24.8. The third-order valence-corrected chi connectivity index (χ3v) is 9.82. The Bertz CT molecular complexity index is 958. The molecule has 1 aromatic rings. The number of hydrogen-bond donors (Lipinski definition) is 3. The van der Waals surface area contributed by atoms with Crippen LogP contribution in [0.2, 0.25) is 5.02 Å². The predicted molar refractivity (Wildman–Crippen MR) is 135 cm³/mol. The standard InChI is InChI=1S/C24H36ClN5O2S/c1-2-14-33(31,32)30(21-16-28-17-21)13-12-27-15-18-8-11-29-23(22(18)26)24(9-3-10-24)19-4-6-20(25)7-5-19/h4-7,15,18,21,23,26,28-29H,2-3,8-14,16-17H2,1H3. The minimum absolute atomic E-state index is 0.0000989. The van der Waals surface area contributed by atoms with Crippen molar-refractivity contribution in [1.82, 2.24) is 14.9 Å². The summed E-state index contributed by atoms with van der Waals surface area (Å²) in [5.41, 5.74) is 1.90. The summed E-state index contributed by atoms with van der Waals surface area (Å²) in [7, 11) is -3.25. The Hall–Kier alpha value is -1.32. The number of benzene rings is 1. The molecule has 1 aromatic carbocycles. The Kier molecular flexibility index (Phi) is 7.91. The first-order valence-corrected chi connectivity index (χ1v) is 14.1. The van der Waals surface area contributed by atoms with Gasteiger partial charge in [0.25, 0.3) is 0 Å². The zero-order chi connectivity index (χ0) is 23.5. The first-order valence-electron chi connectivity index (χ1n) is 12.2. The van der Waals surface area contributed by atoms with E-state index < -0.39 is 10.0 Å². The van der Waals surface area contributed by atoms with Crippen molar-refractivity contribution in [1.29, 1.82) is 5.41 Å². The molecular formula is C24H36ClN5O2S. The van der Waals surface area contributed by atoms with E-state index in [1.165, 1.54) is 12.0 Å². The molecule has 3 fully saturated rings. The van der Waals surface area contributed by atoms with Gasteiger partial charge in [-0.15, -0.1) is 0 Å². The van der Waals surface area contributed by atoms with Crippen molar-refractivity contribution in [3.05, 3.63) is 34.9 Å². The van der Waals surface area contributed by atoms with E-state index in [-0.39, 0.29) is 29.2 Å². The fourth-order valence-electron chi connectivity index (χ4n) is 5.35. The number of piperidine rings is 1. The summed E-state index contributed by atoms with van der Waals surface area (Å²) in [6, 6.07) is 8.14. The second-order valence-corrected chi connectivity index (χ2v) is 12.0. The molecule has 2 aliphatic heterocycles. The van der Waals surface area contributed by atoms with Crippen LogP contribution in [0.15, 0.2) is 29.3 Å². The maximum absolute atomic E-state index is 12.7. The molecule has 9 heteroatoms. The molecular weight excluding hydrogens is 458 g/mol. The lowest BCUT2D eigenvalue weighted by Crippen LogP contribution is -2.61. The van der Waals surface area contributed by atoms with Crippen molar-refractivity contribution in [3.8, 4) is 0 Å². The van der Waals surface area contributed by atoms with Crippen LogP contribution in [-0.2, 0) is 15.4 Å². The van der Waals surface area contributed by atoms with E-state index in [2.05, 4.69) is 27.8 Å². The smallest absolute Gasteiger partial charge is 0.214 e. The molecule has 0 aromatic heterocycles. The van der Waals surface area contributed by atoms with Gasteiger partial charge in [0.15, 0.2) is 0 Å². The van der Waals surface area contributed by atoms with Gasteiger partial charge in [-0.3, -0.25) is 4.99 Å². The zero-order valence-electron chi connectivity index (χ0n) is 19.4. The van der Waals surface area contributed by atoms with Crippen LogP contribution in [0.3, 0.4) is 0 Å². The highest BCUT2D eigenvalue weighted by Gasteiger charge is 2.49. The molecule has 2 unspecified atom stereocenters. The van der Waals surface area contributed by atoms with Crippen LogP contribution in [0.25, 0.3) is 0 Å². The average molecular weight is 494 g/mol. The highest BCUT2D eigenvalue weighted by atomic mass is 35.5. The Morgan fingerprint density at radius 2 is 2.00 bits per heavy atom. The van der Waals surface area contributed by atoms with Crippen LogP contribution in [0.1, 0.15) is 44.6 Å². The largest absolute Gasteiger partial charge is 0.313 e. The molecule has 1 aliphatic carbocycles. The summed E-state index contributed by atoms with van der Waals surface area (Å²) in [4.78, 5) is 4.61. The number of rotatable bonds is 10. The van der Waals surface area contributed by atoms with E-state index in [9.17, 15) is 8.42 Å². The maximum Gasteiger partial charge on any atom is 0.214 e. The normalized spacial score (nSPS) is 25.8. The molecule has 1 saturated carbocycles. The molecule has 7 nitrogen and oxygen atoms in total. The Balaban J connectivity index is 1.40. The van der Waals surface area contributed by atoms with Crippen molar-refractivity contribution in [3.63, 3.8) is 0 Å². The van der Waals surface area contributed by atoms with E-state index in [0.29, 0.717) is 38.3 Å². The molecule has 33 heavy (non-hydrogen) atoms. The topological polar surface area (TPSA) is 97.7 Å². The van der Waals surface area contributed by atoms with Crippen LogP contribution >= 0.6 is 11.6 Å². The zero-order valence-corrected chi connectivity index (χ0v) is 21.0. The Morgan fingerprint density at radius 3 is 2.58 bits per heavy atom. The molecule has 2 atom stereocenters. The molecule has 2 saturated heterocycles. The fraction of sp³-hybridized carbons (Fsp3) is 0.667. The van der Waals surface area contributed by atoms with Gasteiger partial charge in [-0.25, -0.2) is 8.42 Å². The highest BCUT2D eigenvalue weighted by molar-refractivity contribution is 7.89. The molecule has 182 valence electrons. The lowest BCUT2D eigenvalue weighted by Gasteiger charge is -2.51. The van der Waals surface area contributed by atoms with E-state index >= 15 is 0 Å². The number of aliphatic imine (C=N–C) groups is 1. The van der Waals surface area contributed by atoms with Gasteiger partial charge in [0, 0.05) is 54.0 Å². The number of sulfonamides is 1. The summed E-state index contributed by atoms with van der Waals surface area (Å²) >= 11 is 6.11. The quantitative estimate of drug-likeness (QED) is 0.436. The van der Waals surface area contributed by atoms with Crippen molar-refractivity contribution in [2.24, 2.45) is 10.9 Å². The van der Waals surface area contributed by atoms with Crippen LogP contribution in [0.5, 0.6) is 0 Å².